The Kier molecular flexibility index (Phi) is 6.14. The van der Waals surface area contributed by atoms with E-state index in [0.29, 0.717) is 11.8 Å². The van der Waals surface area contributed by atoms with Gasteiger partial charge in [-0.05, 0) is 42.2 Å². The van der Waals surface area contributed by atoms with Crippen LogP contribution in [0, 0.1) is 5.92 Å². The number of carbonyl (C=O) groups excluding carboxylic acids is 1. The van der Waals surface area contributed by atoms with Crippen LogP contribution >= 0.6 is 0 Å². The van der Waals surface area contributed by atoms with E-state index < -0.39 is 0 Å². The first-order valence-electron chi connectivity index (χ1n) is 12.1. The van der Waals surface area contributed by atoms with Gasteiger partial charge >= 0.3 is 0 Å². The fourth-order valence-electron chi connectivity index (χ4n) is 5.81. The molecule has 0 aliphatic carbocycles. The molecule has 1 fully saturated rings. The number of carbonyl (C=O) groups is 1. The second-order valence-electron chi connectivity index (χ2n) is 9.64. The molecular formula is C28H32N3O2+. The van der Waals surface area contributed by atoms with Crippen molar-refractivity contribution >= 4 is 11.6 Å². The number of hydrogen-bond donors (Lipinski definition) is 2. The van der Waals surface area contributed by atoms with Crippen LogP contribution in [0.25, 0.3) is 11.1 Å². The molecule has 0 spiro atoms. The number of quaternary nitrogens is 1. The summed E-state index contributed by atoms with van der Waals surface area (Å²) in [4.78, 5) is 25.8. The molecule has 0 radical (unpaired) electrons. The van der Waals surface area contributed by atoms with Gasteiger partial charge in [0.2, 0.25) is 5.91 Å². The molecule has 3 heterocycles. The van der Waals surface area contributed by atoms with Gasteiger partial charge in [0.15, 0.2) is 0 Å². The highest BCUT2D eigenvalue weighted by Crippen LogP contribution is 2.37. The second-order valence-corrected chi connectivity index (χ2v) is 9.64. The zero-order valence-corrected chi connectivity index (χ0v) is 19.2. The van der Waals surface area contributed by atoms with Crippen molar-refractivity contribution in [3.63, 3.8) is 0 Å². The molecule has 5 nitrogen and oxygen atoms in total. The molecule has 1 unspecified atom stereocenters. The standard InChI is InChI=1S/C28H31N3O2/c1-20(32)29-25-11-9-23(10-12-25)26-13-14-27(33)31-18-22-16-24(28(26)31)19-30(17-22)15-5-8-21-6-3-2-4-7-21/h2-4,6-7,9-14,22,24H,5,8,15-19H2,1H3,(H,29,32)/p+1/t22-,24+/m0/s1. The van der Waals surface area contributed by atoms with Crippen LogP contribution in [0.2, 0.25) is 0 Å². The van der Waals surface area contributed by atoms with Crippen molar-refractivity contribution in [1.29, 1.82) is 0 Å². The minimum absolute atomic E-state index is 0.0741. The summed E-state index contributed by atoms with van der Waals surface area (Å²) in [6.45, 7) is 5.77. The highest BCUT2D eigenvalue weighted by atomic mass is 16.1. The Morgan fingerprint density at radius 3 is 2.58 bits per heavy atom. The van der Waals surface area contributed by atoms with Crippen LogP contribution < -0.4 is 15.8 Å². The van der Waals surface area contributed by atoms with Crippen LogP contribution in [-0.2, 0) is 17.8 Å². The number of aromatic nitrogens is 1. The van der Waals surface area contributed by atoms with E-state index >= 15 is 0 Å². The third-order valence-corrected chi connectivity index (χ3v) is 7.14. The third-order valence-electron chi connectivity index (χ3n) is 7.14. The van der Waals surface area contributed by atoms with E-state index in [4.69, 9.17) is 0 Å². The van der Waals surface area contributed by atoms with Gasteiger partial charge in [-0.2, -0.15) is 0 Å². The summed E-state index contributed by atoms with van der Waals surface area (Å²) in [5.74, 6) is 0.899. The lowest BCUT2D eigenvalue weighted by atomic mass is 9.80. The van der Waals surface area contributed by atoms with Crippen molar-refractivity contribution in [1.82, 2.24) is 4.57 Å². The van der Waals surface area contributed by atoms with Gasteiger partial charge in [-0.25, -0.2) is 0 Å². The van der Waals surface area contributed by atoms with E-state index in [-0.39, 0.29) is 11.5 Å². The number of rotatable bonds is 6. The predicted molar refractivity (Wildman–Crippen MR) is 132 cm³/mol. The van der Waals surface area contributed by atoms with Crippen molar-refractivity contribution in [2.45, 2.75) is 38.6 Å². The van der Waals surface area contributed by atoms with Crippen molar-refractivity contribution in [2.75, 3.05) is 25.0 Å². The van der Waals surface area contributed by atoms with Crippen LogP contribution in [0.5, 0.6) is 0 Å². The van der Waals surface area contributed by atoms with E-state index in [2.05, 4.69) is 35.6 Å². The Morgan fingerprint density at radius 1 is 1.03 bits per heavy atom. The Morgan fingerprint density at radius 2 is 1.82 bits per heavy atom. The van der Waals surface area contributed by atoms with E-state index in [1.54, 1.807) is 11.0 Å². The summed E-state index contributed by atoms with van der Waals surface area (Å²) >= 11 is 0. The summed E-state index contributed by atoms with van der Waals surface area (Å²) in [6.07, 6.45) is 3.49. The number of amides is 1. The fourth-order valence-corrected chi connectivity index (χ4v) is 5.81. The van der Waals surface area contributed by atoms with Crippen LogP contribution in [0.4, 0.5) is 5.69 Å². The third kappa shape index (κ3) is 4.79. The number of nitrogens with one attached hydrogen (secondary N) is 2. The number of hydrogen-bond acceptors (Lipinski definition) is 2. The van der Waals surface area contributed by atoms with Crippen LogP contribution in [-0.4, -0.2) is 30.1 Å². The fraction of sp³-hybridized carbons (Fsp3) is 0.357. The minimum atomic E-state index is -0.0741. The normalized spacial score (nSPS) is 21.3. The monoisotopic (exact) mass is 442 g/mol. The van der Waals surface area contributed by atoms with Gasteiger partial charge in [0.25, 0.3) is 5.56 Å². The molecule has 2 bridgehead atoms. The lowest BCUT2D eigenvalue weighted by molar-refractivity contribution is -0.911. The molecule has 1 amide bonds. The molecule has 0 saturated carbocycles. The van der Waals surface area contributed by atoms with Gasteiger partial charge in [0, 0.05) is 54.7 Å². The summed E-state index contributed by atoms with van der Waals surface area (Å²) in [5.41, 5.74) is 5.77. The van der Waals surface area contributed by atoms with Gasteiger partial charge in [-0.15, -0.1) is 0 Å². The minimum Gasteiger partial charge on any atom is -0.334 e. The lowest BCUT2D eigenvalue weighted by Gasteiger charge is -2.41. The molecular weight excluding hydrogens is 410 g/mol. The second kappa shape index (κ2) is 9.36. The van der Waals surface area contributed by atoms with Gasteiger partial charge in [-0.1, -0.05) is 42.5 Å². The number of pyridine rings is 1. The molecule has 170 valence electrons. The largest absolute Gasteiger partial charge is 0.334 e. The lowest BCUT2D eigenvalue weighted by Crippen LogP contribution is -3.14. The summed E-state index contributed by atoms with van der Waals surface area (Å²) in [7, 11) is 0. The molecule has 1 aromatic heterocycles. The number of likely N-dealkylation sites (tertiary alicyclic amines) is 1. The first-order chi connectivity index (χ1) is 16.1. The molecule has 3 atom stereocenters. The maximum atomic E-state index is 12.8. The average molecular weight is 443 g/mol. The maximum absolute atomic E-state index is 12.8. The number of aryl methyl sites for hydroxylation is 1. The average Bonchev–Trinajstić information content (AvgIpc) is 2.81. The molecule has 3 aromatic rings. The number of piperidine rings is 1. The van der Waals surface area contributed by atoms with Crippen LogP contribution in [0.1, 0.15) is 36.9 Å². The summed E-state index contributed by atoms with van der Waals surface area (Å²) in [6, 6.07) is 22.4. The first kappa shape index (κ1) is 21.7. The van der Waals surface area contributed by atoms with Gasteiger partial charge in [-0.3, -0.25) is 9.59 Å². The first-order valence-corrected chi connectivity index (χ1v) is 12.1. The Hall–Kier alpha value is -3.18. The van der Waals surface area contributed by atoms with Crippen molar-refractivity contribution in [3.05, 3.63) is 88.3 Å². The van der Waals surface area contributed by atoms with Crippen molar-refractivity contribution in [2.24, 2.45) is 5.92 Å². The van der Waals surface area contributed by atoms with E-state index in [1.165, 1.54) is 37.6 Å². The zero-order chi connectivity index (χ0) is 22.8. The Balaban J connectivity index is 1.36. The summed E-state index contributed by atoms with van der Waals surface area (Å²) < 4.78 is 2.04. The van der Waals surface area contributed by atoms with E-state index in [0.717, 1.165) is 42.9 Å². The van der Waals surface area contributed by atoms with E-state index in [1.807, 2.05) is 34.9 Å². The molecule has 2 N–H and O–H groups in total. The Bertz CT molecular complexity index is 1180. The van der Waals surface area contributed by atoms with Crippen molar-refractivity contribution < 1.29 is 9.69 Å². The van der Waals surface area contributed by atoms with Crippen LogP contribution in [0.3, 0.4) is 0 Å². The molecule has 1 saturated heterocycles. The van der Waals surface area contributed by atoms with Gasteiger partial charge in [0.1, 0.15) is 0 Å². The molecule has 5 rings (SSSR count). The topological polar surface area (TPSA) is 55.5 Å². The Labute approximate surface area is 195 Å². The molecule has 2 aliphatic heterocycles. The van der Waals surface area contributed by atoms with E-state index in [9.17, 15) is 9.59 Å². The molecule has 2 aliphatic rings. The number of benzene rings is 2. The van der Waals surface area contributed by atoms with Gasteiger partial charge in [0.05, 0.1) is 19.6 Å². The maximum Gasteiger partial charge on any atom is 0.250 e. The molecule has 2 aromatic carbocycles. The highest BCUT2D eigenvalue weighted by Gasteiger charge is 2.38. The number of fused-ring (bicyclic) bond motifs is 4. The highest BCUT2D eigenvalue weighted by molar-refractivity contribution is 5.89. The van der Waals surface area contributed by atoms with Crippen LogP contribution in [0.15, 0.2) is 71.5 Å². The predicted octanol–water partition coefficient (Wildman–Crippen LogP) is 3.11. The molecule has 33 heavy (non-hydrogen) atoms. The summed E-state index contributed by atoms with van der Waals surface area (Å²) in [5, 5.41) is 2.83. The number of nitrogens with zero attached hydrogens (tertiary/aromatic N) is 1. The zero-order valence-electron chi connectivity index (χ0n) is 19.2. The quantitative estimate of drug-likeness (QED) is 0.616. The smallest absolute Gasteiger partial charge is 0.250 e. The SMILES string of the molecule is CC(=O)Nc1ccc(-c2ccc(=O)n3c2[C@@H]2C[C@H](C3)C[NH+](CCCc3ccccc3)C2)cc1. The number of anilines is 1. The van der Waals surface area contributed by atoms with Crippen molar-refractivity contribution in [3.8, 4) is 11.1 Å². The molecule has 5 heteroatoms. The van der Waals surface area contributed by atoms with Gasteiger partial charge < -0.3 is 14.8 Å².